The van der Waals surface area contributed by atoms with Crippen LogP contribution in [0.25, 0.3) is 0 Å². The number of hydrogen-bond donors (Lipinski definition) is 2. The number of carbonyl (C=O) groups excluding carboxylic acids is 3. The van der Waals surface area contributed by atoms with E-state index in [2.05, 4.69) is 5.32 Å². The molecule has 6 nitrogen and oxygen atoms in total. The van der Waals surface area contributed by atoms with Crippen molar-refractivity contribution in [3.8, 4) is 0 Å². The van der Waals surface area contributed by atoms with Gasteiger partial charge in [-0.05, 0) is 5.56 Å². The van der Waals surface area contributed by atoms with Gasteiger partial charge < -0.3 is 15.8 Å². The smallest absolute Gasteiger partial charge is 0.329 e. The topological polar surface area (TPSA) is 98.5 Å². The van der Waals surface area contributed by atoms with Gasteiger partial charge in [-0.25, -0.2) is 4.79 Å². The molecule has 0 fully saturated rings. The average Bonchev–Trinajstić information content (AvgIpc) is 2.44. The van der Waals surface area contributed by atoms with Gasteiger partial charge in [-0.15, -0.1) is 0 Å². The number of benzene rings is 1. The standard InChI is InChI=1S/C14H18N2O4/c1-2-13(18)16-11(8-12(15)17)14(19)20-9-10-6-4-3-5-7-10/h3-7,11H,2,8-9H2,1H3,(H2,15,17)(H,16,18)/t11-/m0/s1. The van der Waals surface area contributed by atoms with Crippen LogP contribution in [0.15, 0.2) is 30.3 Å². The number of ether oxygens (including phenoxy) is 1. The van der Waals surface area contributed by atoms with Crippen molar-refractivity contribution in [2.75, 3.05) is 0 Å². The first-order chi connectivity index (χ1) is 9.52. The van der Waals surface area contributed by atoms with Gasteiger partial charge in [0.25, 0.3) is 0 Å². The van der Waals surface area contributed by atoms with Crippen molar-refractivity contribution in [1.29, 1.82) is 0 Å². The Kier molecular flexibility index (Phi) is 6.22. The first kappa shape index (κ1) is 15.7. The van der Waals surface area contributed by atoms with E-state index in [1.165, 1.54) is 0 Å². The van der Waals surface area contributed by atoms with Crippen molar-refractivity contribution >= 4 is 17.8 Å². The predicted molar refractivity (Wildman–Crippen MR) is 72.3 cm³/mol. The van der Waals surface area contributed by atoms with Gasteiger partial charge in [0.15, 0.2) is 0 Å². The summed E-state index contributed by atoms with van der Waals surface area (Å²) in [5.41, 5.74) is 5.88. The van der Waals surface area contributed by atoms with Gasteiger partial charge in [0.05, 0.1) is 6.42 Å². The first-order valence-corrected chi connectivity index (χ1v) is 6.31. The largest absolute Gasteiger partial charge is 0.459 e. The molecule has 0 spiro atoms. The number of amides is 2. The van der Waals surface area contributed by atoms with Crippen LogP contribution < -0.4 is 11.1 Å². The van der Waals surface area contributed by atoms with E-state index in [0.29, 0.717) is 0 Å². The van der Waals surface area contributed by atoms with Crippen LogP contribution in [0.2, 0.25) is 0 Å². The maximum Gasteiger partial charge on any atom is 0.329 e. The zero-order chi connectivity index (χ0) is 15.0. The van der Waals surface area contributed by atoms with Crippen molar-refractivity contribution < 1.29 is 19.1 Å². The van der Waals surface area contributed by atoms with Crippen LogP contribution >= 0.6 is 0 Å². The van der Waals surface area contributed by atoms with Crippen molar-refractivity contribution in [3.05, 3.63) is 35.9 Å². The minimum Gasteiger partial charge on any atom is -0.459 e. The van der Waals surface area contributed by atoms with E-state index in [1.54, 1.807) is 19.1 Å². The molecule has 0 aliphatic carbocycles. The molecule has 20 heavy (non-hydrogen) atoms. The summed E-state index contributed by atoms with van der Waals surface area (Å²) in [7, 11) is 0. The zero-order valence-electron chi connectivity index (χ0n) is 11.3. The number of nitrogens with one attached hydrogen (secondary N) is 1. The van der Waals surface area contributed by atoms with Crippen molar-refractivity contribution in [1.82, 2.24) is 5.32 Å². The molecule has 1 atom stereocenters. The normalized spacial score (nSPS) is 11.4. The van der Waals surface area contributed by atoms with E-state index in [4.69, 9.17) is 10.5 Å². The van der Waals surface area contributed by atoms with Crippen LogP contribution in [0.4, 0.5) is 0 Å². The fraction of sp³-hybridized carbons (Fsp3) is 0.357. The lowest BCUT2D eigenvalue weighted by Crippen LogP contribution is -2.44. The van der Waals surface area contributed by atoms with E-state index in [0.717, 1.165) is 5.56 Å². The molecule has 0 aliphatic rings. The lowest BCUT2D eigenvalue weighted by Gasteiger charge is -2.16. The van der Waals surface area contributed by atoms with Crippen LogP contribution in [0.5, 0.6) is 0 Å². The van der Waals surface area contributed by atoms with Crippen LogP contribution in [0.1, 0.15) is 25.3 Å². The molecule has 2 amide bonds. The lowest BCUT2D eigenvalue weighted by molar-refractivity contribution is -0.150. The first-order valence-electron chi connectivity index (χ1n) is 6.31. The number of nitrogens with two attached hydrogens (primary N) is 1. The van der Waals surface area contributed by atoms with Crippen molar-refractivity contribution in [2.24, 2.45) is 5.73 Å². The number of esters is 1. The average molecular weight is 278 g/mol. The van der Waals surface area contributed by atoms with E-state index in [-0.39, 0.29) is 25.4 Å². The van der Waals surface area contributed by atoms with Gasteiger partial charge in [-0.2, -0.15) is 0 Å². The third-order valence-corrected chi connectivity index (χ3v) is 2.57. The fourth-order valence-corrected chi connectivity index (χ4v) is 1.52. The minimum atomic E-state index is -1.04. The molecule has 6 heteroatoms. The highest BCUT2D eigenvalue weighted by atomic mass is 16.5. The quantitative estimate of drug-likeness (QED) is 0.709. The summed E-state index contributed by atoms with van der Waals surface area (Å²) in [5.74, 6) is -1.69. The molecule has 108 valence electrons. The van der Waals surface area contributed by atoms with Gasteiger partial charge in [0.1, 0.15) is 12.6 Å². The van der Waals surface area contributed by atoms with E-state index in [1.807, 2.05) is 18.2 Å². The van der Waals surface area contributed by atoms with Gasteiger partial charge >= 0.3 is 5.97 Å². The highest BCUT2D eigenvalue weighted by Crippen LogP contribution is 2.03. The molecule has 1 aromatic carbocycles. The molecule has 0 aromatic heterocycles. The molecule has 1 aromatic rings. The molecule has 0 radical (unpaired) electrons. The Morgan fingerprint density at radius 3 is 2.45 bits per heavy atom. The van der Waals surface area contributed by atoms with Crippen LogP contribution in [0, 0.1) is 0 Å². The SMILES string of the molecule is CCC(=O)N[C@@H](CC(N)=O)C(=O)OCc1ccccc1. The predicted octanol–water partition coefficient (Wildman–Crippen LogP) is 0.500. The summed E-state index contributed by atoms with van der Waals surface area (Å²) >= 11 is 0. The van der Waals surface area contributed by atoms with Crippen LogP contribution in [-0.4, -0.2) is 23.8 Å². The fourth-order valence-electron chi connectivity index (χ4n) is 1.52. The molecule has 0 unspecified atom stereocenters. The Morgan fingerprint density at radius 2 is 1.90 bits per heavy atom. The maximum absolute atomic E-state index is 11.9. The van der Waals surface area contributed by atoms with Gasteiger partial charge in [0.2, 0.25) is 11.8 Å². The molecule has 0 aliphatic heterocycles. The number of primary amides is 1. The molecule has 0 bridgehead atoms. The Balaban J connectivity index is 2.58. The molecular formula is C14H18N2O4. The molecule has 0 saturated carbocycles. The summed E-state index contributed by atoms with van der Waals surface area (Å²) in [6, 6.07) is 8.07. The van der Waals surface area contributed by atoms with Gasteiger partial charge in [-0.3, -0.25) is 9.59 Å². The summed E-state index contributed by atoms with van der Waals surface area (Å²) in [6.45, 7) is 1.73. The Hall–Kier alpha value is -2.37. The highest BCUT2D eigenvalue weighted by Gasteiger charge is 2.23. The summed E-state index contributed by atoms with van der Waals surface area (Å²) in [5, 5.41) is 2.42. The molecule has 0 heterocycles. The monoisotopic (exact) mass is 278 g/mol. The van der Waals surface area contributed by atoms with Crippen molar-refractivity contribution in [2.45, 2.75) is 32.4 Å². The number of hydrogen-bond acceptors (Lipinski definition) is 4. The van der Waals surface area contributed by atoms with Gasteiger partial charge in [-0.1, -0.05) is 37.3 Å². The Labute approximate surface area is 117 Å². The number of rotatable bonds is 7. The number of carbonyl (C=O) groups is 3. The Bertz CT molecular complexity index is 473. The van der Waals surface area contributed by atoms with E-state index in [9.17, 15) is 14.4 Å². The van der Waals surface area contributed by atoms with Crippen LogP contribution in [0.3, 0.4) is 0 Å². The Morgan fingerprint density at radius 1 is 1.25 bits per heavy atom. The minimum absolute atomic E-state index is 0.0803. The molecule has 1 rings (SSSR count). The zero-order valence-corrected chi connectivity index (χ0v) is 11.3. The second-order valence-corrected chi connectivity index (χ2v) is 4.24. The molecular weight excluding hydrogens is 260 g/mol. The molecule has 0 saturated heterocycles. The van der Waals surface area contributed by atoms with E-state index >= 15 is 0 Å². The summed E-state index contributed by atoms with van der Waals surface area (Å²) in [6.07, 6.45) is -0.0689. The maximum atomic E-state index is 11.9. The summed E-state index contributed by atoms with van der Waals surface area (Å²) < 4.78 is 5.08. The lowest BCUT2D eigenvalue weighted by atomic mass is 10.2. The van der Waals surface area contributed by atoms with Crippen molar-refractivity contribution in [3.63, 3.8) is 0 Å². The second-order valence-electron chi connectivity index (χ2n) is 4.24. The second kappa shape index (κ2) is 7.93. The van der Waals surface area contributed by atoms with Gasteiger partial charge in [0, 0.05) is 6.42 Å². The highest BCUT2D eigenvalue weighted by molar-refractivity contribution is 5.88. The van der Waals surface area contributed by atoms with Crippen LogP contribution in [-0.2, 0) is 25.7 Å². The molecule has 3 N–H and O–H groups in total. The third-order valence-electron chi connectivity index (χ3n) is 2.57. The third kappa shape index (κ3) is 5.51. The summed E-state index contributed by atoms with van der Waals surface area (Å²) in [4.78, 5) is 34.1. The van der Waals surface area contributed by atoms with E-state index < -0.39 is 17.9 Å².